The van der Waals surface area contributed by atoms with Gasteiger partial charge in [0, 0.05) is 12.7 Å². The highest BCUT2D eigenvalue weighted by molar-refractivity contribution is 7.71. The summed E-state index contributed by atoms with van der Waals surface area (Å²) >= 11 is 5.28. The Morgan fingerprint density at radius 2 is 2.08 bits per heavy atom. The molecule has 0 atom stereocenters. The molecule has 1 aromatic carbocycles. The van der Waals surface area contributed by atoms with Gasteiger partial charge in [0.25, 0.3) is 11.5 Å². The van der Waals surface area contributed by atoms with Crippen LogP contribution in [0.4, 0.5) is 0 Å². The second-order valence-corrected chi connectivity index (χ2v) is 6.78. The Morgan fingerprint density at radius 1 is 1.36 bits per heavy atom. The molecule has 134 valence electrons. The van der Waals surface area contributed by atoms with Crippen LogP contribution >= 0.6 is 12.2 Å². The van der Waals surface area contributed by atoms with E-state index in [4.69, 9.17) is 17.0 Å². The molecule has 25 heavy (non-hydrogen) atoms. The molecule has 0 saturated carbocycles. The van der Waals surface area contributed by atoms with Gasteiger partial charge in [0.2, 0.25) is 0 Å². The van der Waals surface area contributed by atoms with Crippen LogP contribution in [0.3, 0.4) is 0 Å². The molecule has 0 radical (unpaired) electrons. The van der Waals surface area contributed by atoms with E-state index >= 15 is 0 Å². The van der Waals surface area contributed by atoms with E-state index in [9.17, 15) is 9.59 Å². The molecule has 0 unspecified atom stereocenters. The van der Waals surface area contributed by atoms with Gasteiger partial charge in [0.15, 0.2) is 4.77 Å². The highest BCUT2D eigenvalue weighted by Gasteiger charge is 2.22. The summed E-state index contributed by atoms with van der Waals surface area (Å²) in [6.07, 6.45) is 0. The summed E-state index contributed by atoms with van der Waals surface area (Å²) < 4.78 is 6.83. The zero-order valence-corrected chi connectivity index (χ0v) is 15.3. The number of rotatable bonds is 4. The summed E-state index contributed by atoms with van der Waals surface area (Å²) in [6, 6.07) is 5.14. The summed E-state index contributed by atoms with van der Waals surface area (Å²) in [4.78, 5) is 31.7. The van der Waals surface area contributed by atoms with Crippen LogP contribution in [0.15, 0.2) is 23.0 Å². The Labute approximate surface area is 150 Å². The van der Waals surface area contributed by atoms with E-state index in [0.717, 1.165) is 26.2 Å². The number of H-pyrrole nitrogens is 1. The molecule has 7 nitrogen and oxygen atoms in total. The van der Waals surface area contributed by atoms with Crippen molar-refractivity contribution in [1.29, 1.82) is 0 Å². The van der Waals surface area contributed by atoms with Gasteiger partial charge in [-0.25, -0.2) is 0 Å². The lowest BCUT2D eigenvalue weighted by atomic mass is 10.1. The van der Waals surface area contributed by atoms with Crippen LogP contribution < -0.4 is 10.5 Å². The van der Waals surface area contributed by atoms with Gasteiger partial charge >= 0.3 is 0 Å². The molecule has 1 aliphatic rings. The van der Waals surface area contributed by atoms with Crippen LogP contribution in [0, 0.1) is 4.77 Å². The van der Waals surface area contributed by atoms with Crippen LogP contribution in [0.25, 0.3) is 10.9 Å². The molecule has 3 rings (SSSR count). The number of aromatic amines is 1. The molecule has 2 aromatic rings. The van der Waals surface area contributed by atoms with E-state index in [1.54, 1.807) is 25.3 Å². The molecule has 1 aromatic heterocycles. The number of amides is 1. The van der Waals surface area contributed by atoms with Gasteiger partial charge in [-0.05, 0) is 30.4 Å². The van der Waals surface area contributed by atoms with Crippen LogP contribution in [-0.4, -0.2) is 67.3 Å². The largest absolute Gasteiger partial charge is 0.383 e. The average molecular weight is 363 g/mol. The first-order valence-electron chi connectivity index (χ1n) is 8.37. The fourth-order valence-corrected chi connectivity index (χ4v) is 3.33. The number of hydrogen-bond donors (Lipinski definition) is 2. The minimum absolute atomic E-state index is 0.00252. The van der Waals surface area contributed by atoms with E-state index in [1.165, 1.54) is 9.47 Å². The SMILES string of the molecule is COCCn1c(=S)[nH]c2cc(C(=O)N3CC[NH+](C)CC3)ccc2c1=O. The predicted octanol–water partition coefficient (Wildman–Crippen LogP) is -0.324. The summed E-state index contributed by atoms with van der Waals surface area (Å²) in [5.41, 5.74) is 0.999. The summed E-state index contributed by atoms with van der Waals surface area (Å²) in [7, 11) is 3.71. The van der Waals surface area contributed by atoms with E-state index in [0.29, 0.717) is 34.4 Å². The minimum atomic E-state index is -0.169. The lowest BCUT2D eigenvalue weighted by molar-refractivity contribution is -0.883. The number of aromatic nitrogens is 2. The molecule has 1 aliphatic heterocycles. The molecule has 2 heterocycles. The van der Waals surface area contributed by atoms with Crippen molar-refractivity contribution in [1.82, 2.24) is 14.5 Å². The van der Waals surface area contributed by atoms with Crippen molar-refractivity contribution in [2.45, 2.75) is 6.54 Å². The van der Waals surface area contributed by atoms with Crippen LogP contribution in [0.2, 0.25) is 0 Å². The van der Waals surface area contributed by atoms with Gasteiger partial charge < -0.3 is 19.5 Å². The Kier molecular flexibility index (Phi) is 5.31. The Balaban J connectivity index is 1.94. The zero-order chi connectivity index (χ0) is 18.0. The van der Waals surface area contributed by atoms with Crippen molar-refractivity contribution in [2.24, 2.45) is 0 Å². The standard InChI is InChI=1S/C17H22N4O3S/c1-19-5-7-20(8-6-19)15(22)12-3-4-13-14(11-12)18-17(25)21(16(13)23)9-10-24-2/h3-4,11H,5-10H2,1-2H3,(H,18,25)/p+1. The van der Waals surface area contributed by atoms with Crippen LogP contribution in [-0.2, 0) is 11.3 Å². The van der Waals surface area contributed by atoms with Gasteiger partial charge in [0.1, 0.15) is 0 Å². The Bertz CT molecular complexity index is 897. The van der Waals surface area contributed by atoms with Gasteiger partial charge in [-0.3, -0.25) is 14.2 Å². The monoisotopic (exact) mass is 363 g/mol. The van der Waals surface area contributed by atoms with Gasteiger partial charge in [-0.1, -0.05) is 0 Å². The van der Waals surface area contributed by atoms with Gasteiger partial charge in [-0.2, -0.15) is 0 Å². The number of carbonyl (C=O) groups excluding carboxylic acids is 1. The first-order valence-corrected chi connectivity index (χ1v) is 8.78. The number of carbonyl (C=O) groups is 1. The van der Waals surface area contributed by atoms with Crippen molar-refractivity contribution in [3.63, 3.8) is 0 Å². The number of ether oxygens (including phenoxy) is 1. The minimum Gasteiger partial charge on any atom is -0.383 e. The lowest BCUT2D eigenvalue weighted by Crippen LogP contribution is -3.12. The Morgan fingerprint density at radius 3 is 2.76 bits per heavy atom. The highest BCUT2D eigenvalue weighted by Crippen LogP contribution is 2.13. The van der Waals surface area contributed by atoms with Crippen molar-refractivity contribution in [3.8, 4) is 0 Å². The maximum Gasteiger partial charge on any atom is 0.262 e. The van der Waals surface area contributed by atoms with E-state index in [1.807, 2.05) is 4.90 Å². The predicted molar refractivity (Wildman–Crippen MR) is 97.8 cm³/mol. The number of hydrogen-bond acceptors (Lipinski definition) is 4. The van der Waals surface area contributed by atoms with Crippen molar-refractivity contribution >= 4 is 29.0 Å². The van der Waals surface area contributed by atoms with Crippen LogP contribution in [0.1, 0.15) is 10.4 Å². The third-order valence-corrected chi connectivity index (χ3v) is 4.97. The first kappa shape index (κ1) is 17.8. The number of fused-ring (bicyclic) bond motifs is 1. The quantitative estimate of drug-likeness (QED) is 0.730. The van der Waals surface area contributed by atoms with Crippen molar-refractivity contribution in [3.05, 3.63) is 38.9 Å². The van der Waals surface area contributed by atoms with E-state index in [-0.39, 0.29) is 11.5 Å². The Hall–Kier alpha value is -2.03. The molecule has 1 amide bonds. The van der Waals surface area contributed by atoms with E-state index in [2.05, 4.69) is 12.0 Å². The topological polar surface area (TPSA) is 71.8 Å². The fraction of sp³-hybridized carbons (Fsp3) is 0.471. The summed E-state index contributed by atoms with van der Waals surface area (Å²) in [5, 5.41) is 0.518. The summed E-state index contributed by atoms with van der Waals surface area (Å²) in [5.74, 6) is -0.00252. The summed E-state index contributed by atoms with van der Waals surface area (Å²) in [6.45, 7) is 4.20. The number of nitrogens with zero attached hydrogens (tertiary/aromatic N) is 2. The smallest absolute Gasteiger partial charge is 0.262 e. The molecule has 0 bridgehead atoms. The van der Waals surface area contributed by atoms with Crippen molar-refractivity contribution < 1.29 is 14.4 Å². The second kappa shape index (κ2) is 7.47. The number of likely N-dealkylation sites (N-methyl/N-ethyl adjacent to an activating group) is 1. The number of quaternary nitrogens is 1. The number of benzene rings is 1. The highest BCUT2D eigenvalue weighted by atomic mass is 32.1. The molecule has 1 fully saturated rings. The number of nitrogens with one attached hydrogen (secondary N) is 2. The molecule has 2 N–H and O–H groups in total. The third-order valence-electron chi connectivity index (χ3n) is 4.65. The molecular weight excluding hydrogens is 340 g/mol. The third kappa shape index (κ3) is 3.65. The normalized spacial score (nSPS) is 15.7. The molecule has 0 aliphatic carbocycles. The van der Waals surface area contributed by atoms with Crippen molar-refractivity contribution in [2.75, 3.05) is 46.9 Å². The first-order chi connectivity index (χ1) is 12.0. The fourth-order valence-electron chi connectivity index (χ4n) is 3.05. The maximum absolute atomic E-state index is 12.7. The number of methoxy groups -OCH3 is 1. The maximum atomic E-state index is 12.7. The van der Waals surface area contributed by atoms with Gasteiger partial charge in [0.05, 0.1) is 57.3 Å². The number of piperazine rings is 1. The van der Waals surface area contributed by atoms with Gasteiger partial charge in [-0.15, -0.1) is 0 Å². The average Bonchev–Trinajstić information content (AvgIpc) is 2.61. The molecule has 1 saturated heterocycles. The second-order valence-electron chi connectivity index (χ2n) is 6.39. The lowest BCUT2D eigenvalue weighted by Gasteiger charge is -2.30. The van der Waals surface area contributed by atoms with Crippen LogP contribution in [0.5, 0.6) is 0 Å². The molecule has 8 heteroatoms. The molecule has 0 spiro atoms. The van der Waals surface area contributed by atoms with E-state index < -0.39 is 0 Å². The zero-order valence-electron chi connectivity index (χ0n) is 14.5. The molecular formula is C17H23N4O3S+.